The minimum Gasteiger partial charge on any atom is -0.317 e. The third-order valence-electron chi connectivity index (χ3n) is 1.94. The van der Waals surface area contributed by atoms with E-state index in [9.17, 15) is 0 Å². The summed E-state index contributed by atoms with van der Waals surface area (Å²) < 4.78 is 4.75. The molecule has 1 rings (SSSR count). The van der Waals surface area contributed by atoms with Gasteiger partial charge in [0.25, 0.3) is 0 Å². The van der Waals surface area contributed by atoms with Crippen molar-refractivity contribution >= 4 is 12.9 Å². The molecule has 0 aliphatic carbocycles. The second kappa shape index (κ2) is 3.44. The number of hydrogen-bond acceptors (Lipinski definition) is 3. The van der Waals surface area contributed by atoms with E-state index in [0.717, 1.165) is 6.61 Å². The van der Waals surface area contributed by atoms with Gasteiger partial charge in [0, 0.05) is 6.04 Å². The molecule has 0 N–H and O–H groups in total. The van der Waals surface area contributed by atoms with Gasteiger partial charge in [-0.1, -0.05) is 0 Å². The molecule has 1 fully saturated rings. The lowest BCUT2D eigenvalue weighted by molar-refractivity contribution is 0.222. The van der Waals surface area contributed by atoms with Crippen LogP contribution >= 0.6 is 12.9 Å². The fraction of sp³-hybridized carbons (Fsp3) is 1.00. The average molecular weight is 147 g/mol. The summed E-state index contributed by atoms with van der Waals surface area (Å²) >= 11 is 3.71. The second-order valence-electron chi connectivity index (χ2n) is 2.57. The summed E-state index contributed by atoms with van der Waals surface area (Å²) in [7, 11) is 2.13. The van der Waals surface area contributed by atoms with Crippen molar-refractivity contribution in [1.29, 1.82) is 0 Å². The van der Waals surface area contributed by atoms with Crippen LogP contribution in [0.25, 0.3) is 0 Å². The summed E-state index contributed by atoms with van der Waals surface area (Å²) in [5.74, 6) is 0. The standard InChI is InChI=1S/C6H13NOS/c1-7-4-2-3-6(7)5-8-9/h6,9H,2-5H2,1H3/t6-/m0/s1. The van der Waals surface area contributed by atoms with Crippen LogP contribution in [0.15, 0.2) is 0 Å². The second-order valence-corrected chi connectivity index (χ2v) is 2.83. The largest absolute Gasteiger partial charge is 0.317 e. The maximum Gasteiger partial charge on any atom is 0.0766 e. The van der Waals surface area contributed by atoms with Gasteiger partial charge in [-0.2, -0.15) is 0 Å². The van der Waals surface area contributed by atoms with Gasteiger partial charge >= 0.3 is 0 Å². The monoisotopic (exact) mass is 147 g/mol. The van der Waals surface area contributed by atoms with Crippen LogP contribution in [-0.2, 0) is 4.18 Å². The maximum absolute atomic E-state index is 4.75. The number of hydrogen-bond donors (Lipinski definition) is 1. The Hall–Kier alpha value is 0.270. The molecule has 0 radical (unpaired) electrons. The summed E-state index contributed by atoms with van der Waals surface area (Å²) in [5.41, 5.74) is 0. The van der Waals surface area contributed by atoms with E-state index >= 15 is 0 Å². The van der Waals surface area contributed by atoms with Crippen molar-refractivity contribution in [1.82, 2.24) is 4.90 Å². The highest BCUT2D eigenvalue weighted by atomic mass is 32.1. The molecule has 0 aromatic heterocycles. The van der Waals surface area contributed by atoms with Crippen molar-refractivity contribution in [3.63, 3.8) is 0 Å². The normalized spacial score (nSPS) is 29.3. The molecule has 2 nitrogen and oxygen atoms in total. The van der Waals surface area contributed by atoms with Crippen LogP contribution in [0.2, 0.25) is 0 Å². The molecule has 0 bridgehead atoms. The molecule has 1 aliphatic heterocycles. The van der Waals surface area contributed by atoms with Crippen LogP contribution in [-0.4, -0.2) is 31.1 Å². The molecule has 1 atom stereocenters. The Bertz CT molecular complexity index is 89.1. The molecule has 0 spiro atoms. The molecule has 1 saturated heterocycles. The molecule has 1 heterocycles. The highest BCUT2D eigenvalue weighted by molar-refractivity contribution is 7.75. The molecule has 9 heavy (non-hydrogen) atoms. The molecule has 0 aromatic rings. The van der Waals surface area contributed by atoms with Crippen LogP contribution in [0, 0.1) is 0 Å². The molecule has 0 amide bonds. The summed E-state index contributed by atoms with van der Waals surface area (Å²) in [6, 6.07) is 0.613. The zero-order valence-electron chi connectivity index (χ0n) is 5.71. The van der Waals surface area contributed by atoms with Crippen LogP contribution in [0.3, 0.4) is 0 Å². The Balaban J connectivity index is 2.22. The van der Waals surface area contributed by atoms with E-state index in [4.69, 9.17) is 4.18 Å². The van der Waals surface area contributed by atoms with E-state index in [1.807, 2.05) is 0 Å². The first-order chi connectivity index (χ1) is 4.34. The Kier molecular flexibility index (Phi) is 2.82. The van der Waals surface area contributed by atoms with Crippen LogP contribution in [0.5, 0.6) is 0 Å². The number of likely N-dealkylation sites (tertiary alicyclic amines) is 1. The van der Waals surface area contributed by atoms with E-state index in [2.05, 4.69) is 24.9 Å². The lowest BCUT2D eigenvalue weighted by atomic mass is 10.2. The van der Waals surface area contributed by atoms with Gasteiger partial charge in [0.1, 0.15) is 0 Å². The highest BCUT2D eigenvalue weighted by Gasteiger charge is 2.19. The van der Waals surface area contributed by atoms with Crippen LogP contribution in [0.4, 0.5) is 0 Å². The molecule has 54 valence electrons. The van der Waals surface area contributed by atoms with E-state index in [0.29, 0.717) is 6.04 Å². The van der Waals surface area contributed by atoms with E-state index in [1.54, 1.807) is 0 Å². The van der Waals surface area contributed by atoms with Gasteiger partial charge in [-0.25, -0.2) is 0 Å². The van der Waals surface area contributed by atoms with Crippen molar-refractivity contribution in [2.75, 3.05) is 20.2 Å². The van der Waals surface area contributed by atoms with E-state index in [-0.39, 0.29) is 0 Å². The Labute approximate surface area is 61.8 Å². The van der Waals surface area contributed by atoms with Crippen molar-refractivity contribution in [2.45, 2.75) is 18.9 Å². The topological polar surface area (TPSA) is 12.5 Å². The Morgan fingerprint density at radius 3 is 3.00 bits per heavy atom. The maximum atomic E-state index is 4.75. The highest BCUT2D eigenvalue weighted by Crippen LogP contribution is 2.14. The summed E-state index contributed by atoms with van der Waals surface area (Å²) in [6.07, 6.45) is 2.56. The van der Waals surface area contributed by atoms with Crippen LogP contribution in [0.1, 0.15) is 12.8 Å². The molecule has 3 heteroatoms. The van der Waals surface area contributed by atoms with Gasteiger partial charge in [-0.3, -0.25) is 0 Å². The van der Waals surface area contributed by atoms with Gasteiger partial charge < -0.3 is 9.08 Å². The molecular formula is C6H13NOS. The summed E-state index contributed by atoms with van der Waals surface area (Å²) in [5, 5.41) is 0. The lowest BCUT2D eigenvalue weighted by Crippen LogP contribution is -2.28. The third kappa shape index (κ3) is 1.85. The predicted octanol–water partition coefficient (Wildman–Crippen LogP) is 0.942. The van der Waals surface area contributed by atoms with Gasteiger partial charge in [0.15, 0.2) is 0 Å². The van der Waals surface area contributed by atoms with Crippen molar-refractivity contribution in [3.05, 3.63) is 0 Å². The number of rotatable bonds is 2. The van der Waals surface area contributed by atoms with Gasteiger partial charge in [-0.05, 0) is 39.3 Å². The van der Waals surface area contributed by atoms with Gasteiger partial charge in [0.2, 0.25) is 0 Å². The quantitative estimate of drug-likeness (QED) is 0.461. The van der Waals surface area contributed by atoms with Crippen molar-refractivity contribution < 1.29 is 4.18 Å². The predicted molar refractivity (Wildman–Crippen MR) is 40.6 cm³/mol. The van der Waals surface area contributed by atoms with E-state index in [1.165, 1.54) is 19.4 Å². The average Bonchev–Trinajstić information content (AvgIpc) is 2.18. The first-order valence-corrected chi connectivity index (χ1v) is 3.67. The number of nitrogens with zero attached hydrogens (tertiary/aromatic N) is 1. The number of thiol groups is 1. The first-order valence-electron chi connectivity index (χ1n) is 3.31. The summed E-state index contributed by atoms with van der Waals surface area (Å²) in [4.78, 5) is 2.32. The summed E-state index contributed by atoms with van der Waals surface area (Å²) in [6.45, 7) is 1.97. The third-order valence-corrected chi connectivity index (χ3v) is 2.09. The molecule has 0 aromatic carbocycles. The van der Waals surface area contributed by atoms with Gasteiger partial charge in [0.05, 0.1) is 6.61 Å². The smallest absolute Gasteiger partial charge is 0.0766 e. The van der Waals surface area contributed by atoms with Crippen LogP contribution < -0.4 is 0 Å². The Morgan fingerprint density at radius 1 is 1.78 bits per heavy atom. The minimum atomic E-state index is 0.613. The van der Waals surface area contributed by atoms with Crippen molar-refractivity contribution in [2.24, 2.45) is 0 Å². The first kappa shape index (κ1) is 7.38. The molecule has 1 aliphatic rings. The SMILES string of the molecule is CN1CCC[C@H]1COS. The fourth-order valence-electron chi connectivity index (χ4n) is 1.28. The molecule has 0 unspecified atom stereocenters. The zero-order chi connectivity index (χ0) is 6.69. The van der Waals surface area contributed by atoms with E-state index < -0.39 is 0 Å². The Morgan fingerprint density at radius 2 is 2.56 bits per heavy atom. The lowest BCUT2D eigenvalue weighted by Gasteiger charge is -2.16. The zero-order valence-corrected chi connectivity index (χ0v) is 6.60. The van der Waals surface area contributed by atoms with Crippen molar-refractivity contribution in [3.8, 4) is 0 Å². The number of likely N-dealkylation sites (N-methyl/N-ethyl adjacent to an activating group) is 1. The fourth-order valence-corrected chi connectivity index (χ4v) is 1.45. The minimum absolute atomic E-state index is 0.613. The molecular weight excluding hydrogens is 134 g/mol. The van der Waals surface area contributed by atoms with Gasteiger partial charge in [-0.15, -0.1) is 0 Å². The molecule has 0 saturated carbocycles.